The highest BCUT2D eigenvalue weighted by atomic mass is 32.1. The van der Waals surface area contributed by atoms with Crippen molar-refractivity contribution in [3.05, 3.63) is 65.7 Å². The number of amides is 2. The highest BCUT2D eigenvalue weighted by Crippen LogP contribution is 2.39. The predicted molar refractivity (Wildman–Crippen MR) is 116 cm³/mol. The number of alkyl halides is 2. The molecule has 1 aliphatic heterocycles. The molecule has 2 aromatic rings. The van der Waals surface area contributed by atoms with Crippen LogP contribution >= 0.6 is 12.6 Å². The third-order valence-electron chi connectivity index (χ3n) is 6.18. The Morgan fingerprint density at radius 3 is 2.35 bits per heavy atom. The van der Waals surface area contributed by atoms with Gasteiger partial charge in [-0.05, 0) is 54.9 Å². The minimum atomic E-state index is -1.50. The van der Waals surface area contributed by atoms with E-state index in [2.05, 4.69) is 12.6 Å². The predicted octanol–water partition coefficient (Wildman–Crippen LogP) is 5.13. The molecule has 0 radical (unpaired) electrons. The molecule has 0 aromatic heterocycles. The maximum Gasteiger partial charge on any atom is 0.417 e. The van der Waals surface area contributed by atoms with Gasteiger partial charge in [0, 0.05) is 4.90 Å². The van der Waals surface area contributed by atoms with E-state index in [0.717, 1.165) is 10.5 Å². The molecule has 0 spiro atoms. The topological polar surface area (TPSA) is 46.6 Å². The number of rotatable bonds is 6. The monoisotopic (exact) mass is 445 g/mol. The molecule has 1 saturated carbocycles. The lowest BCUT2D eigenvalue weighted by Gasteiger charge is -2.27. The molecule has 1 saturated heterocycles. The van der Waals surface area contributed by atoms with Crippen LogP contribution in [-0.4, -0.2) is 41.9 Å². The first-order valence-corrected chi connectivity index (χ1v) is 11.0. The molecule has 31 heavy (non-hydrogen) atoms. The fourth-order valence-corrected chi connectivity index (χ4v) is 4.72. The molecular weight excluding hydrogens is 420 g/mol. The van der Waals surface area contributed by atoms with Gasteiger partial charge < -0.3 is 4.74 Å². The standard InChI is InChI=1S/C24H25F2NO3S/c25-21-12-16(13-22(21)26)11-20(17-6-8-19(31)9-7-17)23(28)27-18(14-30-24(27)29)10-15-4-2-1-3-5-15/h1-9,16,18,20-22,31H,10-14H2/t16?,18-,20?,21-,22+/m1/s1. The SMILES string of the molecule is O=C1OC[C@@H](Cc2ccccc2)N1C(=O)C(CC1C[C@@H](F)[C@@H](F)C1)c1ccc(S)cc1. The van der Waals surface area contributed by atoms with E-state index in [9.17, 15) is 18.4 Å². The molecule has 164 valence electrons. The molecular formula is C24H25F2NO3S. The molecule has 2 fully saturated rings. The van der Waals surface area contributed by atoms with Crippen molar-refractivity contribution in [2.75, 3.05) is 6.61 Å². The average Bonchev–Trinajstić information content (AvgIpc) is 3.28. The van der Waals surface area contributed by atoms with Gasteiger partial charge in [-0.25, -0.2) is 18.5 Å². The van der Waals surface area contributed by atoms with Crippen LogP contribution in [0.5, 0.6) is 0 Å². The van der Waals surface area contributed by atoms with Gasteiger partial charge in [-0.1, -0.05) is 42.5 Å². The summed E-state index contributed by atoms with van der Waals surface area (Å²) < 4.78 is 32.8. The number of thiol groups is 1. The highest BCUT2D eigenvalue weighted by Gasteiger charge is 2.43. The Kier molecular flexibility index (Phi) is 6.60. The summed E-state index contributed by atoms with van der Waals surface area (Å²) in [7, 11) is 0. The fourth-order valence-electron chi connectivity index (χ4n) is 4.58. The Morgan fingerprint density at radius 1 is 1.06 bits per heavy atom. The lowest BCUT2D eigenvalue weighted by atomic mass is 9.86. The maximum absolute atomic E-state index is 13.8. The molecule has 7 heteroatoms. The molecule has 2 aliphatic rings. The van der Waals surface area contributed by atoms with Crippen molar-refractivity contribution in [1.29, 1.82) is 0 Å². The van der Waals surface area contributed by atoms with E-state index in [1.165, 1.54) is 4.90 Å². The Hall–Kier alpha value is -2.41. The molecule has 2 aromatic carbocycles. The van der Waals surface area contributed by atoms with Crippen LogP contribution in [0, 0.1) is 5.92 Å². The van der Waals surface area contributed by atoms with Crippen molar-refractivity contribution in [2.45, 2.75) is 54.9 Å². The first-order valence-electron chi connectivity index (χ1n) is 10.5. The average molecular weight is 446 g/mol. The third-order valence-corrected chi connectivity index (χ3v) is 6.48. The first kappa shape index (κ1) is 21.8. The second-order valence-electron chi connectivity index (χ2n) is 8.38. The molecule has 1 aliphatic carbocycles. The van der Waals surface area contributed by atoms with Crippen molar-refractivity contribution < 1.29 is 23.1 Å². The Morgan fingerprint density at radius 2 is 1.71 bits per heavy atom. The molecule has 1 heterocycles. The number of cyclic esters (lactones) is 1. The lowest BCUT2D eigenvalue weighted by Crippen LogP contribution is -2.43. The molecule has 2 amide bonds. The Bertz CT molecular complexity index is 914. The van der Waals surface area contributed by atoms with Crippen LogP contribution in [0.3, 0.4) is 0 Å². The number of carbonyl (C=O) groups excluding carboxylic acids is 2. The van der Waals surface area contributed by atoms with Crippen molar-refractivity contribution >= 4 is 24.6 Å². The zero-order chi connectivity index (χ0) is 22.0. The summed E-state index contributed by atoms with van der Waals surface area (Å²) in [4.78, 5) is 28.0. The number of carbonyl (C=O) groups is 2. The zero-order valence-corrected chi connectivity index (χ0v) is 17.9. The van der Waals surface area contributed by atoms with Crippen LogP contribution in [0.2, 0.25) is 0 Å². The number of halogens is 2. The van der Waals surface area contributed by atoms with Gasteiger partial charge in [0.2, 0.25) is 5.91 Å². The number of hydrogen-bond donors (Lipinski definition) is 1. The first-order chi connectivity index (χ1) is 14.9. The summed E-state index contributed by atoms with van der Waals surface area (Å²) in [5, 5.41) is 0. The van der Waals surface area contributed by atoms with E-state index >= 15 is 0 Å². The minimum absolute atomic E-state index is 0.0908. The number of ether oxygens (including phenoxy) is 1. The molecule has 5 atom stereocenters. The second kappa shape index (κ2) is 9.39. The number of nitrogens with zero attached hydrogens (tertiary/aromatic N) is 1. The zero-order valence-electron chi connectivity index (χ0n) is 17.0. The van der Waals surface area contributed by atoms with Crippen molar-refractivity contribution in [1.82, 2.24) is 4.90 Å². The molecule has 4 nitrogen and oxygen atoms in total. The van der Waals surface area contributed by atoms with Gasteiger partial charge in [-0.3, -0.25) is 4.79 Å². The van der Waals surface area contributed by atoms with Gasteiger partial charge >= 0.3 is 6.09 Å². The summed E-state index contributed by atoms with van der Waals surface area (Å²) >= 11 is 4.29. The van der Waals surface area contributed by atoms with E-state index in [1.54, 1.807) is 24.3 Å². The lowest BCUT2D eigenvalue weighted by molar-refractivity contribution is -0.131. The van der Waals surface area contributed by atoms with Gasteiger partial charge in [0.1, 0.15) is 19.0 Å². The Balaban J connectivity index is 1.59. The van der Waals surface area contributed by atoms with Gasteiger partial charge in [-0.2, -0.15) is 0 Å². The number of hydrogen-bond acceptors (Lipinski definition) is 4. The van der Waals surface area contributed by atoms with Crippen LogP contribution in [0.15, 0.2) is 59.5 Å². The van der Waals surface area contributed by atoms with Gasteiger partial charge in [0.25, 0.3) is 0 Å². The molecule has 0 N–H and O–H groups in total. The van der Waals surface area contributed by atoms with Crippen LogP contribution < -0.4 is 0 Å². The van der Waals surface area contributed by atoms with E-state index in [4.69, 9.17) is 4.74 Å². The Labute approximate surface area is 186 Å². The smallest absolute Gasteiger partial charge is 0.417 e. The summed E-state index contributed by atoms with van der Waals surface area (Å²) in [6.45, 7) is 0.129. The van der Waals surface area contributed by atoms with Crippen LogP contribution in [0.1, 0.15) is 36.3 Å². The number of imide groups is 1. The molecule has 0 bridgehead atoms. The maximum atomic E-state index is 13.8. The van der Waals surface area contributed by atoms with Crippen LogP contribution in [0.25, 0.3) is 0 Å². The largest absolute Gasteiger partial charge is 0.447 e. The third kappa shape index (κ3) is 4.92. The summed E-state index contributed by atoms with van der Waals surface area (Å²) in [6, 6.07) is 16.3. The minimum Gasteiger partial charge on any atom is -0.447 e. The highest BCUT2D eigenvalue weighted by molar-refractivity contribution is 7.80. The van der Waals surface area contributed by atoms with Crippen LogP contribution in [-0.2, 0) is 16.0 Å². The van der Waals surface area contributed by atoms with Gasteiger partial charge in [-0.15, -0.1) is 12.6 Å². The van der Waals surface area contributed by atoms with E-state index in [-0.39, 0.29) is 37.7 Å². The van der Waals surface area contributed by atoms with Crippen molar-refractivity contribution in [3.8, 4) is 0 Å². The molecule has 2 unspecified atom stereocenters. The van der Waals surface area contributed by atoms with Gasteiger partial charge in [0.15, 0.2) is 0 Å². The van der Waals surface area contributed by atoms with Gasteiger partial charge in [0.05, 0.1) is 12.0 Å². The quantitative estimate of drug-likeness (QED) is 0.628. The van der Waals surface area contributed by atoms with Crippen LogP contribution in [0.4, 0.5) is 13.6 Å². The summed E-state index contributed by atoms with van der Waals surface area (Å²) in [5.41, 5.74) is 1.70. The van der Waals surface area contributed by atoms with E-state index in [0.29, 0.717) is 12.0 Å². The van der Waals surface area contributed by atoms with Crippen molar-refractivity contribution in [2.24, 2.45) is 5.92 Å². The number of benzene rings is 2. The van der Waals surface area contributed by atoms with E-state index < -0.39 is 30.4 Å². The summed E-state index contributed by atoms with van der Waals surface area (Å²) in [5.74, 6) is -1.32. The summed E-state index contributed by atoms with van der Waals surface area (Å²) in [6.07, 6.45) is -2.71. The molecule has 4 rings (SSSR count). The second-order valence-corrected chi connectivity index (χ2v) is 8.89. The van der Waals surface area contributed by atoms with Crippen molar-refractivity contribution in [3.63, 3.8) is 0 Å². The normalized spacial score (nSPS) is 26.7. The fraction of sp³-hybridized carbons (Fsp3) is 0.417. The van der Waals surface area contributed by atoms with E-state index in [1.807, 2.05) is 30.3 Å².